The smallest absolute Gasteiger partial charge is 0.244 e. The fraction of sp³-hybridized carbons (Fsp3) is 0.353. The maximum absolute atomic E-state index is 12.0. The summed E-state index contributed by atoms with van der Waals surface area (Å²) in [6.45, 7) is 0. The SMILES string of the molecule is CN(C)c1ncc2c(n1)CCC(NC(=O)/C=C/c1cccs1)C2. The van der Waals surface area contributed by atoms with E-state index in [1.54, 1.807) is 17.4 Å². The summed E-state index contributed by atoms with van der Waals surface area (Å²) in [5.74, 6) is 0.697. The number of carbonyl (C=O) groups excluding carboxylic acids is 1. The van der Waals surface area contributed by atoms with Gasteiger partial charge in [-0.2, -0.15) is 0 Å². The molecule has 0 saturated heterocycles. The van der Waals surface area contributed by atoms with Gasteiger partial charge in [0.2, 0.25) is 11.9 Å². The number of rotatable bonds is 4. The summed E-state index contributed by atoms with van der Waals surface area (Å²) in [6, 6.07) is 4.12. The van der Waals surface area contributed by atoms with Crippen molar-refractivity contribution in [2.45, 2.75) is 25.3 Å². The lowest BCUT2D eigenvalue weighted by atomic mass is 9.93. The summed E-state index contributed by atoms with van der Waals surface area (Å²) < 4.78 is 0. The molecule has 5 nitrogen and oxygen atoms in total. The molecule has 0 fully saturated rings. The van der Waals surface area contributed by atoms with Gasteiger partial charge < -0.3 is 10.2 Å². The van der Waals surface area contributed by atoms with Gasteiger partial charge >= 0.3 is 0 Å². The Bertz CT molecular complexity index is 709. The molecule has 1 N–H and O–H groups in total. The molecule has 120 valence electrons. The fourth-order valence-electron chi connectivity index (χ4n) is 2.63. The Kier molecular flexibility index (Phi) is 4.71. The second kappa shape index (κ2) is 6.91. The molecule has 6 heteroatoms. The second-order valence-corrected chi connectivity index (χ2v) is 6.81. The molecule has 2 heterocycles. The Morgan fingerprint density at radius 3 is 3.09 bits per heavy atom. The van der Waals surface area contributed by atoms with Gasteiger partial charge in [-0.25, -0.2) is 9.97 Å². The minimum absolute atomic E-state index is 0.0438. The minimum Gasteiger partial charge on any atom is -0.349 e. The van der Waals surface area contributed by atoms with Crippen LogP contribution in [0, 0.1) is 0 Å². The van der Waals surface area contributed by atoms with Gasteiger partial charge in [0, 0.05) is 43.0 Å². The first kappa shape index (κ1) is 15.7. The standard InChI is InChI=1S/C17H20N4OS/c1-21(2)17-18-11-12-10-13(5-7-15(12)20-17)19-16(22)8-6-14-4-3-9-23-14/h3-4,6,8-9,11,13H,5,7,10H2,1-2H3,(H,19,22)/b8-6+. The van der Waals surface area contributed by atoms with E-state index >= 15 is 0 Å². The molecule has 0 aromatic carbocycles. The molecule has 0 aliphatic heterocycles. The van der Waals surface area contributed by atoms with Gasteiger partial charge in [-0.3, -0.25) is 4.79 Å². The molecule has 0 radical (unpaired) electrons. The Labute approximate surface area is 140 Å². The minimum atomic E-state index is -0.0438. The predicted molar refractivity (Wildman–Crippen MR) is 93.7 cm³/mol. The fourth-order valence-corrected chi connectivity index (χ4v) is 3.25. The van der Waals surface area contributed by atoms with Gasteiger partial charge in [0.05, 0.1) is 0 Å². The average Bonchev–Trinajstić information content (AvgIpc) is 3.06. The van der Waals surface area contributed by atoms with Crippen LogP contribution in [0.3, 0.4) is 0 Å². The van der Waals surface area contributed by atoms with Crippen LogP contribution in [0.2, 0.25) is 0 Å². The molecule has 0 saturated carbocycles. The Morgan fingerprint density at radius 1 is 1.48 bits per heavy atom. The first-order valence-corrected chi connectivity index (χ1v) is 8.54. The highest BCUT2D eigenvalue weighted by Gasteiger charge is 2.21. The van der Waals surface area contributed by atoms with Crippen molar-refractivity contribution < 1.29 is 4.79 Å². The van der Waals surface area contributed by atoms with Crippen LogP contribution < -0.4 is 10.2 Å². The summed E-state index contributed by atoms with van der Waals surface area (Å²) >= 11 is 1.62. The number of nitrogens with one attached hydrogen (secondary N) is 1. The Hall–Kier alpha value is -2.21. The lowest BCUT2D eigenvalue weighted by molar-refractivity contribution is -0.117. The number of amides is 1. The van der Waals surface area contributed by atoms with Crippen LogP contribution in [0.15, 0.2) is 29.8 Å². The molecule has 1 aliphatic carbocycles. The van der Waals surface area contributed by atoms with Crippen LogP contribution in [0.4, 0.5) is 5.95 Å². The van der Waals surface area contributed by atoms with Crippen LogP contribution >= 0.6 is 11.3 Å². The first-order valence-electron chi connectivity index (χ1n) is 7.66. The third-order valence-corrected chi connectivity index (χ3v) is 4.66. The van der Waals surface area contributed by atoms with E-state index in [-0.39, 0.29) is 11.9 Å². The number of fused-ring (bicyclic) bond motifs is 1. The largest absolute Gasteiger partial charge is 0.349 e. The number of hydrogen-bond donors (Lipinski definition) is 1. The average molecular weight is 328 g/mol. The number of hydrogen-bond acceptors (Lipinski definition) is 5. The number of thiophene rings is 1. The Morgan fingerprint density at radius 2 is 2.35 bits per heavy atom. The highest BCUT2D eigenvalue weighted by Crippen LogP contribution is 2.21. The van der Waals surface area contributed by atoms with Crippen molar-refractivity contribution in [2.75, 3.05) is 19.0 Å². The van der Waals surface area contributed by atoms with Crippen LogP contribution in [0.5, 0.6) is 0 Å². The molecule has 0 bridgehead atoms. The van der Waals surface area contributed by atoms with E-state index in [2.05, 4.69) is 15.3 Å². The van der Waals surface area contributed by atoms with E-state index in [9.17, 15) is 4.79 Å². The topological polar surface area (TPSA) is 58.1 Å². The lowest BCUT2D eigenvalue weighted by Gasteiger charge is -2.25. The van der Waals surface area contributed by atoms with E-state index in [0.29, 0.717) is 0 Å². The molecule has 23 heavy (non-hydrogen) atoms. The molecule has 1 atom stereocenters. The molecular formula is C17H20N4OS. The highest BCUT2D eigenvalue weighted by molar-refractivity contribution is 7.10. The third-order valence-electron chi connectivity index (χ3n) is 3.83. The normalized spacial score (nSPS) is 17.0. The van der Waals surface area contributed by atoms with Crippen molar-refractivity contribution in [2.24, 2.45) is 0 Å². The van der Waals surface area contributed by atoms with Crippen molar-refractivity contribution >= 4 is 29.3 Å². The van der Waals surface area contributed by atoms with Gasteiger partial charge in [0.25, 0.3) is 0 Å². The molecule has 0 spiro atoms. The zero-order valence-electron chi connectivity index (χ0n) is 13.3. The third kappa shape index (κ3) is 3.96. The molecule has 2 aromatic heterocycles. The number of anilines is 1. The molecule has 1 aliphatic rings. The van der Waals surface area contributed by atoms with E-state index in [1.807, 2.05) is 48.8 Å². The molecule has 3 rings (SSSR count). The summed E-state index contributed by atoms with van der Waals surface area (Å²) in [7, 11) is 3.88. The summed E-state index contributed by atoms with van der Waals surface area (Å²) in [5.41, 5.74) is 2.23. The van der Waals surface area contributed by atoms with E-state index in [1.165, 1.54) is 0 Å². The summed E-state index contributed by atoms with van der Waals surface area (Å²) in [5, 5.41) is 5.07. The zero-order chi connectivity index (χ0) is 16.2. The number of aryl methyl sites for hydroxylation is 1. The van der Waals surface area contributed by atoms with Gasteiger partial charge in [-0.15, -0.1) is 11.3 Å². The first-order chi connectivity index (χ1) is 11.1. The van der Waals surface area contributed by atoms with Crippen molar-refractivity contribution in [1.29, 1.82) is 0 Å². The van der Waals surface area contributed by atoms with Gasteiger partial charge in [0.1, 0.15) is 0 Å². The Balaban J connectivity index is 1.60. The lowest BCUT2D eigenvalue weighted by Crippen LogP contribution is -2.38. The number of carbonyl (C=O) groups is 1. The monoisotopic (exact) mass is 328 g/mol. The van der Waals surface area contributed by atoms with E-state index in [0.717, 1.165) is 41.3 Å². The van der Waals surface area contributed by atoms with Crippen molar-refractivity contribution in [3.8, 4) is 0 Å². The van der Waals surface area contributed by atoms with Crippen molar-refractivity contribution in [3.05, 3.63) is 45.9 Å². The summed E-state index contributed by atoms with van der Waals surface area (Å²) in [6.07, 6.45) is 7.92. The molecular weight excluding hydrogens is 308 g/mol. The maximum Gasteiger partial charge on any atom is 0.244 e. The van der Waals surface area contributed by atoms with Crippen LogP contribution in [0.1, 0.15) is 22.6 Å². The summed E-state index contributed by atoms with van der Waals surface area (Å²) in [4.78, 5) is 24.0. The molecule has 2 aromatic rings. The highest BCUT2D eigenvalue weighted by atomic mass is 32.1. The van der Waals surface area contributed by atoms with Crippen molar-refractivity contribution in [1.82, 2.24) is 15.3 Å². The van der Waals surface area contributed by atoms with E-state index < -0.39 is 0 Å². The second-order valence-electron chi connectivity index (χ2n) is 5.83. The predicted octanol–water partition coefficient (Wildman–Crippen LogP) is 2.29. The molecule has 1 amide bonds. The van der Waals surface area contributed by atoms with Gasteiger partial charge in [-0.1, -0.05) is 6.07 Å². The maximum atomic E-state index is 12.0. The number of aromatic nitrogens is 2. The van der Waals surface area contributed by atoms with Crippen molar-refractivity contribution in [3.63, 3.8) is 0 Å². The van der Waals surface area contributed by atoms with E-state index in [4.69, 9.17) is 0 Å². The quantitative estimate of drug-likeness (QED) is 0.875. The van der Waals surface area contributed by atoms with Gasteiger partial charge in [-0.05, 0) is 42.3 Å². The van der Waals surface area contributed by atoms with Crippen LogP contribution in [0.25, 0.3) is 6.08 Å². The number of nitrogens with zero attached hydrogens (tertiary/aromatic N) is 3. The van der Waals surface area contributed by atoms with Gasteiger partial charge in [0.15, 0.2) is 0 Å². The van der Waals surface area contributed by atoms with Crippen LogP contribution in [-0.2, 0) is 17.6 Å². The zero-order valence-corrected chi connectivity index (χ0v) is 14.1. The molecule has 1 unspecified atom stereocenters. The van der Waals surface area contributed by atoms with Crippen LogP contribution in [-0.4, -0.2) is 36.0 Å².